The van der Waals surface area contributed by atoms with Gasteiger partial charge in [-0.05, 0) is 31.1 Å². The number of morpholine rings is 1. The Hall–Kier alpha value is -0.120. The summed E-state index contributed by atoms with van der Waals surface area (Å²) < 4.78 is 5.37. The molecule has 0 amide bonds. The Kier molecular flexibility index (Phi) is 5.46. The van der Waals surface area contributed by atoms with Crippen molar-refractivity contribution < 1.29 is 4.74 Å². The zero-order valence-corrected chi connectivity index (χ0v) is 12.2. The molecule has 2 fully saturated rings. The van der Waals surface area contributed by atoms with Crippen LogP contribution in [-0.4, -0.2) is 50.3 Å². The number of ether oxygens (including phenoxy) is 1. The van der Waals surface area contributed by atoms with Crippen molar-refractivity contribution in [3.8, 4) is 0 Å². The van der Waals surface area contributed by atoms with Crippen LogP contribution < -0.4 is 5.32 Å². The van der Waals surface area contributed by atoms with E-state index in [9.17, 15) is 0 Å². The Morgan fingerprint density at radius 1 is 1.17 bits per heavy atom. The summed E-state index contributed by atoms with van der Waals surface area (Å²) in [5.41, 5.74) is 0.570. The van der Waals surface area contributed by atoms with Crippen molar-refractivity contribution in [2.75, 3.05) is 39.4 Å². The Bertz CT molecular complexity index is 237. The maximum Gasteiger partial charge on any atom is 0.0594 e. The molecule has 0 spiro atoms. The highest BCUT2D eigenvalue weighted by Crippen LogP contribution is 2.33. The molecule has 1 N–H and O–H groups in total. The van der Waals surface area contributed by atoms with Gasteiger partial charge in [-0.1, -0.05) is 20.3 Å². The summed E-state index contributed by atoms with van der Waals surface area (Å²) in [4.78, 5) is 2.51. The second-order valence-corrected chi connectivity index (χ2v) is 6.70. The second-order valence-electron chi connectivity index (χ2n) is 6.70. The van der Waals surface area contributed by atoms with Crippen LogP contribution in [0.1, 0.15) is 46.0 Å². The Morgan fingerprint density at radius 3 is 2.72 bits per heavy atom. The van der Waals surface area contributed by atoms with Crippen molar-refractivity contribution in [3.05, 3.63) is 0 Å². The van der Waals surface area contributed by atoms with Crippen LogP contribution in [0.3, 0.4) is 0 Å². The number of nitrogens with one attached hydrogen (secondary N) is 1. The van der Waals surface area contributed by atoms with Crippen molar-refractivity contribution in [1.29, 1.82) is 0 Å². The first-order valence-electron chi connectivity index (χ1n) is 7.69. The lowest BCUT2D eigenvalue weighted by atomic mass is 9.85. The van der Waals surface area contributed by atoms with E-state index < -0.39 is 0 Å². The summed E-state index contributed by atoms with van der Waals surface area (Å²) in [6.45, 7) is 11.2. The number of hydrogen-bond acceptors (Lipinski definition) is 3. The molecule has 1 saturated heterocycles. The maximum atomic E-state index is 5.37. The molecule has 1 aliphatic carbocycles. The van der Waals surface area contributed by atoms with Gasteiger partial charge in [0.25, 0.3) is 0 Å². The monoisotopic (exact) mass is 254 g/mol. The first-order valence-corrected chi connectivity index (χ1v) is 7.69. The van der Waals surface area contributed by atoms with Crippen LogP contribution in [0.25, 0.3) is 0 Å². The van der Waals surface area contributed by atoms with Gasteiger partial charge in [0.05, 0.1) is 13.2 Å². The van der Waals surface area contributed by atoms with Gasteiger partial charge in [-0.25, -0.2) is 0 Å². The quantitative estimate of drug-likeness (QED) is 0.779. The summed E-state index contributed by atoms with van der Waals surface area (Å²) in [6, 6.07) is 0.757. The molecule has 1 unspecified atom stereocenters. The molecule has 0 radical (unpaired) electrons. The maximum absolute atomic E-state index is 5.37. The SMILES string of the molecule is CC1(C)CCCC(NCCN2CCOCC2)CC1. The molecule has 1 saturated carbocycles. The fourth-order valence-electron chi connectivity index (χ4n) is 3.12. The van der Waals surface area contributed by atoms with Gasteiger partial charge in [0, 0.05) is 32.2 Å². The average Bonchev–Trinajstić information content (AvgIpc) is 2.52. The summed E-state index contributed by atoms with van der Waals surface area (Å²) in [5.74, 6) is 0. The normalized spacial score (nSPS) is 30.0. The molecule has 18 heavy (non-hydrogen) atoms. The molecule has 2 rings (SSSR count). The molecule has 0 aromatic heterocycles. The summed E-state index contributed by atoms with van der Waals surface area (Å²) in [6.07, 6.45) is 6.89. The van der Waals surface area contributed by atoms with E-state index in [1.165, 1.54) is 38.6 Å². The number of rotatable bonds is 4. The van der Waals surface area contributed by atoms with Crippen molar-refractivity contribution >= 4 is 0 Å². The highest BCUT2D eigenvalue weighted by Gasteiger charge is 2.24. The molecule has 3 nitrogen and oxygen atoms in total. The lowest BCUT2D eigenvalue weighted by Crippen LogP contribution is -2.42. The highest BCUT2D eigenvalue weighted by atomic mass is 16.5. The molecule has 1 aliphatic heterocycles. The van der Waals surface area contributed by atoms with E-state index in [1.807, 2.05) is 0 Å². The van der Waals surface area contributed by atoms with Crippen LogP contribution in [0, 0.1) is 5.41 Å². The van der Waals surface area contributed by atoms with E-state index in [-0.39, 0.29) is 0 Å². The minimum atomic E-state index is 0.570. The Morgan fingerprint density at radius 2 is 1.94 bits per heavy atom. The van der Waals surface area contributed by atoms with Gasteiger partial charge < -0.3 is 10.1 Å². The topological polar surface area (TPSA) is 24.5 Å². The molecule has 0 aromatic rings. The zero-order chi connectivity index (χ0) is 12.8. The third kappa shape index (κ3) is 4.87. The van der Waals surface area contributed by atoms with Gasteiger partial charge in [-0.2, -0.15) is 0 Å². The van der Waals surface area contributed by atoms with Crippen molar-refractivity contribution in [2.24, 2.45) is 5.41 Å². The molecule has 106 valence electrons. The lowest BCUT2D eigenvalue weighted by molar-refractivity contribution is 0.0380. The Balaban J connectivity index is 1.61. The van der Waals surface area contributed by atoms with Crippen molar-refractivity contribution in [2.45, 2.75) is 52.0 Å². The van der Waals surface area contributed by atoms with Gasteiger partial charge in [-0.3, -0.25) is 4.90 Å². The second kappa shape index (κ2) is 6.88. The fraction of sp³-hybridized carbons (Fsp3) is 1.00. The first kappa shape index (κ1) is 14.3. The summed E-state index contributed by atoms with van der Waals surface area (Å²) in [7, 11) is 0. The highest BCUT2D eigenvalue weighted by molar-refractivity contribution is 4.79. The van der Waals surface area contributed by atoms with Crippen LogP contribution in [0.4, 0.5) is 0 Å². The number of nitrogens with zero attached hydrogens (tertiary/aromatic N) is 1. The van der Waals surface area contributed by atoms with E-state index in [4.69, 9.17) is 4.74 Å². The third-order valence-electron chi connectivity index (χ3n) is 4.54. The zero-order valence-electron chi connectivity index (χ0n) is 12.2. The van der Waals surface area contributed by atoms with Gasteiger partial charge in [-0.15, -0.1) is 0 Å². The van der Waals surface area contributed by atoms with E-state index in [0.717, 1.165) is 38.9 Å². The van der Waals surface area contributed by atoms with E-state index >= 15 is 0 Å². The van der Waals surface area contributed by atoms with Crippen LogP contribution in [0.5, 0.6) is 0 Å². The molecular formula is C15H30N2O. The molecule has 0 bridgehead atoms. The largest absolute Gasteiger partial charge is 0.379 e. The minimum Gasteiger partial charge on any atom is -0.379 e. The molecule has 1 heterocycles. The smallest absolute Gasteiger partial charge is 0.0594 e. The van der Waals surface area contributed by atoms with Crippen LogP contribution >= 0.6 is 0 Å². The van der Waals surface area contributed by atoms with Crippen LogP contribution in [0.2, 0.25) is 0 Å². The van der Waals surface area contributed by atoms with E-state index in [0.29, 0.717) is 5.41 Å². The predicted octanol–water partition coefficient (Wildman–Crippen LogP) is 2.27. The van der Waals surface area contributed by atoms with Crippen molar-refractivity contribution in [1.82, 2.24) is 10.2 Å². The first-order chi connectivity index (χ1) is 8.66. The molecule has 2 aliphatic rings. The summed E-state index contributed by atoms with van der Waals surface area (Å²) in [5, 5.41) is 3.76. The summed E-state index contributed by atoms with van der Waals surface area (Å²) >= 11 is 0. The van der Waals surface area contributed by atoms with Crippen LogP contribution in [0.15, 0.2) is 0 Å². The van der Waals surface area contributed by atoms with Gasteiger partial charge in [0.2, 0.25) is 0 Å². The molecule has 3 heteroatoms. The van der Waals surface area contributed by atoms with Gasteiger partial charge >= 0.3 is 0 Å². The molecular weight excluding hydrogens is 224 g/mol. The molecule has 0 aromatic carbocycles. The van der Waals surface area contributed by atoms with Crippen molar-refractivity contribution in [3.63, 3.8) is 0 Å². The van der Waals surface area contributed by atoms with Gasteiger partial charge in [0.1, 0.15) is 0 Å². The molecule has 1 atom stereocenters. The lowest BCUT2D eigenvalue weighted by Gasteiger charge is -2.27. The number of hydrogen-bond donors (Lipinski definition) is 1. The van der Waals surface area contributed by atoms with E-state index in [1.54, 1.807) is 0 Å². The standard InChI is InChI=1S/C15H30N2O/c1-15(2)6-3-4-14(5-7-15)16-8-9-17-10-12-18-13-11-17/h14,16H,3-13H2,1-2H3. The average molecular weight is 254 g/mol. The fourth-order valence-corrected chi connectivity index (χ4v) is 3.12. The van der Waals surface area contributed by atoms with Gasteiger partial charge in [0.15, 0.2) is 0 Å². The van der Waals surface area contributed by atoms with Crippen LogP contribution in [-0.2, 0) is 4.74 Å². The third-order valence-corrected chi connectivity index (χ3v) is 4.54. The minimum absolute atomic E-state index is 0.570. The van der Waals surface area contributed by atoms with E-state index in [2.05, 4.69) is 24.1 Å². The Labute approximate surface area is 112 Å². The predicted molar refractivity (Wildman–Crippen MR) is 75.9 cm³/mol.